The Balaban J connectivity index is 1.88. The SMILES string of the molecule is CCCC(CC)C(NC(=O)C1CCc2ccccc2O1)c1c(F)ccc(Cl)c1F. The van der Waals surface area contributed by atoms with Gasteiger partial charge in [-0.2, -0.15) is 0 Å². The maximum atomic E-state index is 14.8. The second-order valence-electron chi connectivity index (χ2n) is 7.45. The zero-order valence-corrected chi connectivity index (χ0v) is 17.4. The molecule has 3 rings (SSSR count). The zero-order chi connectivity index (χ0) is 21.0. The number of fused-ring (bicyclic) bond motifs is 1. The molecule has 0 aromatic heterocycles. The summed E-state index contributed by atoms with van der Waals surface area (Å²) in [4.78, 5) is 13.0. The first-order valence-electron chi connectivity index (χ1n) is 10.1. The molecule has 0 fully saturated rings. The van der Waals surface area contributed by atoms with Gasteiger partial charge in [-0.15, -0.1) is 0 Å². The minimum absolute atomic E-state index is 0.123. The third-order valence-corrected chi connectivity index (χ3v) is 5.85. The van der Waals surface area contributed by atoms with Crippen molar-refractivity contribution in [3.05, 3.63) is 64.2 Å². The summed E-state index contributed by atoms with van der Waals surface area (Å²) in [5.41, 5.74) is 0.875. The smallest absolute Gasteiger partial charge is 0.261 e. The second-order valence-corrected chi connectivity index (χ2v) is 7.86. The molecule has 1 aliphatic heterocycles. The van der Waals surface area contributed by atoms with Gasteiger partial charge >= 0.3 is 0 Å². The van der Waals surface area contributed by atoms with Crippen LogP contribution in [0, 0.1) is 17.6 Å². The van der Waals surface area contributed by atoms with Crippen molar-refractivity contribution in [1.29, 1.82) is 0 Å². The minimum Gasteiger partial charge on any atom is -0.480 e. The van der Waals surface area contributed by atoms with E-state index in [9.17, 15) is 13.6 Å². The number of carbonyl (C=O) groups excluding carboxylic acids is 1. The molecule has 0 radical (unpaired) electrons. The van der Waals surface area contributed by atoms with Crippen LogP contribution in [0.2, 0.25) is 5.02 Å². The maximum absolute atomic E-state index is 14.8. The van der Waals surface area contributed by atoms with E-state index in [-0.39, 0.29) is 22.4 Å². The number of nitrogens with one attached hydrogen (secondary N) is 1. The normalized spacial score (nSPS) is 17.8. The van der Waals surface area contributed by atoms with Crippen LogP contribution < -0.4 is 10.1 Å². The highest BCUT2D eigenvalue weighted by Gasteiger charge is 2.33. The number of hydrogen-bond donors (Lipinski definition) is 1. The van der Waals surface area contributed by atoms with E-state index in [1.165, 1.54) is 6.07 Å². The summed E-state index contributed by atoms with van der Waals surface area (Å²) in [6.07, 6.45) is 2.75. The van der Waals surface area contributed by atoms with Crippen LogP contribution >= 0.6 is 11.6 Å². The van der Waals surface area contributed by atoms with Crippen molar-refractivity contribution in [2.24, 2.45) is 5.92 Å². The number of rotatable bonds is 7. The third-order valence-electron chi connectivity index (χ3n) is 5.55. The molecule has 0 aliphatic carbocycles. The summed E-state index contributed by atoms with van der Waals surface area (Å²) in [5.74, 6) is -1.33. The number of benzene rings is 2. The molecule has 2 aromatic rings. The number of halogens is 3. The van der Waals surface area contributed by atoms with E-state index < -0.39 is 23.8 Å². The van der Waals surface area contributed by atoms with Gasteiger partial charge in [0.05, 0.1) is 11.1 Å². The predicted octanol–water partition coefficient (Wildman–Crippen LogP) is 6.00. The zero-order valence-electron chi connectivity index (χ0n) is 16.7. The van der Waals surface area contributed by atoms with Gasteiger partial charge in [-0.25, -0.2) is 8.78 Å². The van der Waals surface area contributed by atoms with E-state index in [4.69, 9.17) is 16.3 Å². The quantitative estimate of drug-likeness (QED) is 0.557. The van der Waals surface area contributed by atoms with Crippen molar-refractivity contribution < 1.29 is 18.3 Å². The Bertz CT molecular complexity index is 874. The molecule has 6 heteroatoms. The van der Waals surface area contributed by atoms with Crippen LogP contribution in [0.4, 0.5) is 8.78 Å². The Labute approximate surface area is 175 Å². The first-order valence-corrected chi connectivity index (χ1v) is 10.5. The molecular weight excluding hydrogens is 396 g/mol. The molecule has 29 heavy (non-hydrogen) atoms. The van der Waals surface area contributed by atoms with Crippen molar-refractivity contribution in [2.75, 3.05) is 0 Å². The Hall–Kier alpha value is -2.14. The van der Waals surface area contributed by atoms with Crippen LogP contribution in [0.3, 0.4) is 0 Å². The van der Waals surface area contributed by atoms with E-state index in [0.717, 1.165) is 24.5 Å². The molecule has 156 valence electrons. The lowest BCUT2D eigenvalue weighted by atomic mass is 9.86. The Kier molecular flexibility index (Phi) is 7.12. The molecule has 0 bridgehead atoms. The lowest BCUT2D eigenvalue weighted by Gasteiger charge is -2.31. The number of carbonyl (C=O) groups is 1. The summed E-state index contributed by atoms with van der Waals surface area (Å²) in [5, 5.41) is 2.72. The second kappa shape index (κ2) is 9.57. The van der Waals surface area contributed by atoms with Gasteiger partial charge in [-0.05, 0) is 48.9 Å². The molecule has 3 atom stereocenters. The van der Waals surface area contributed by atoms with Gasteiger partial charge in [0.25, 0.3) is 5.91 Å². The van der Waals surface area contributed by atoms with Crippen molar-refractivity contribution >= 4 is 17.5 Å². The van der Waals surface area contributed by atoms with Gasteiger partial charge in [0.2, 0.25) is 0 Å². The molecule has 1 aliphatic rings. The summed E-state index contributed by atoms with van der Waals surface area (Å²) in [7, 11) is 0. The molecule has 1 N–H and O–H groups in total. The van der Waals surface area contributed by atoms with E-state index in [2.05, 4.69) is 5.32 Å². The van der Waals surface area contributed by atoms with Gasteiger partial charge in [-0.1, -0.05) is 56.5 Å². The summed E-state index contributed by atoms with van der Waals surface area (Å²) in [6.45, 7) is 3.96. The van der Waals surface area contributed by atoms with Crippen molar-refractivity contribution in [3.63, 3.8) is 0 Å². The standard InChI is InChI=1S/C23H26ClF2NO2/c1-3-7-14(4-2)22(20-17(25)12-11-16(24)21(20)26)27-23(28)19-13-10-15-8-5-6-9-18(15)29-19/h5-6,8-9,11-12,14,19,22H,3-4,7,10,13H2,1-2H3,(H,27,28). The number of ether oxygens (including phenoxy) is 1. The van der Waals surface area contributed by atoms with Crippen LogP contribution in [0.25, 0.3) is 0 Å². The third kappa shape index (κ3) is 4.72. The molecule has 0 saturated carbocycles. The van der Waals surface area contributed by atoms with Crippen LogP contribution in [-0.4, -0.2) is 12.0 Å². The predicted molar refractivity (Wildman–Crippen MR) is 110 cm³/mol. The van der Waals surface area contributed by atoms with Gasteiger partial charge in [0.15, 0.2) is 6.10 Å². The van der Waals surface area contributed by atoms with Crippen molar-refractivity contribution in [2.45, 2.75) is 58.1 Å². The number of aryl methyl sites for hydroxylation is 1. The molecule has 1 amide bonds. The highest BCUT2D eigenvalue weighted by Crippen LogP contribution is 2.35. The van der Waals surface area contributed by atoms with Crippen molar-refractivity contribution in [1.82, 2.24) is 5.32 Å². The van der Waals surface area contributed by atoms with E-state index in [1.54, 1.807) is 0 Å². The molecule has 0 spiro atoms. The van der Waals surface area contributed by atoms with E-state index in [1.807, 2.05) is 38.1 Å². The molecule has 1 heterocycles. The largest absolute Gasteiger partial charge is 0.480 e. The summed E-state index contributed by atoms with van der Waals surface area (Å²) < 4.78 is 35.3. The Morgan fingerprint density at radius 2 is 2.00 bits per heavy atom. The van der Waals surface area contributed by atoms with Gasteiger partial charge < -0.3 is 10.1 Å². The molecule has 3 unspecified atom stereocenters. The molecule has 2 aromatic carbocycles. The first kappa shape index (κ1) is 21.6. The number of para-hydroxylation sites is 1. The topological polar surface area (TPSA) is 38.3 Å². The summed E-state index contributed by atoms with van der Waals surface area (Å²) >= 11 is 5.92. The van der Waals surface area contributed by atoms with E-state index in [0.29, 0.717) is 25.0 Å². The van der Waals surface area contributed by atoms with Gasteiger partial charge in [0.1, 0.15) is 17.4 Å². The highest BCUT2D eigenvalue weighted by molar-refractivity contribution is 6.30. The van der Waals surface area contributed by atoms with Crippen LogP contribution in [0.5, 0.6) is 5.75 Å². The van der Waals surface area contributed by atoms with Crippen LogP contribution in [0.1, 0.15) is 56.7 Å². The van der Waals surface area contributed by atoms with Crippen molar-refractivity contribution in [3.8, 4) is 5.75 Å². The fourth-order valence-electron chi connectivity index (χ4n) is 3.99. The highest BCUT2D eigenvalue weighted by atomic mass is 35.5. The molecule has 3 nitrogen and oxygen atoms in total. The lowest BCUT2D eigenvalue weighted by molar-refractivity contribution is -0.130. The minimum atomic E-state index is -0.818. The van der Waals surface area contributed by atoms with Crippen LogP contribution in [0.15, 0.2) is 36.4 Å². The molecule has 0 saturated heterocycles. The van der Waals surface area contributed by atoms with Gasteiger partial charge in [-0.3, -0.25) is 4.79 Å². The fraction of sp³-hybridized carbons (Fsp3) is 0.435. The summed E-state index contributed by atoms with van der Waals surface area (Å²) in [6, 6.07) is 9.10. The van der Waals surface area contributed by atoms with Crippen LogP contribution in [-0.2, 0) is 11.2 Å². The van der Waals surface area contributed by atoms with E-state index >= 15 is 0 Å². The number of hydrogen-bond acceptors (Lipinski definition) is 2. The first-order chi connectivity index (χ1) is 14.0. The number of amides is 1. The average molecular weight is 422 g/mol. The lowest BCUT2D eigenvalue weighted by Crippen LogP contribution is -2.44. The Morgan fingerprint density at radius 3 is 2.72 bits per heavy atom. The Morgan fingerprint density at radius 1 is 1.24 bits per heavy atom. The maximum Gasteiger partial charge on any atom is 0.261 e. The van der Waals surface area contributed by atoms with Gasteiger partial charge in [0, 0.05) is 5.56 Å². The monoisotopic (exact) mass is 421 g/mol. The average Bonchev–Trinajstić information content (AvgIpc) is 2.73. The fourth-order valence-corrected chi connectivity index (χ4v) is 4.15. The molecular formula is C23H26ClF2NO2.